The van der Waals surface area contributed by atoms with E-state index in [4.69, 9.17) is 10.8 Å². The van der Waals surface area contributed by atoms with Gasteiger partial charge in [0.1, 0.15) is 5.82 Å². The molecule has 1 aromatic heterocycles. The minimum Gasteiger partial charge on any atom is -0.481 e. The largest absolute Gasteiger partial charge is 0.481 e. The van der Waals surface area contributed by atoms with E-state index in [1.165, 1.54) is 6.20 Å². The van der Waals surface area contributed by atoms with Gasteiger partial charge in [0.05, 0.1) is 12.6 Å². The van der Waals surface area contributed by atoms with E-state index in [9.17, 15) is 4.79 Å². The predicted molar refractivity (Wildman–Crippen MR) is 48.3 cm³/mol. The molecule has 1 aromatic rings. The van der Waals surface area contributed by atoms with Crippen LogP contribution in [0.1, 0.15) is 18.9 Å². The molecule has 0 radical (unpaired) electrons. The summed E-state index contributed by atoms with van der Waals surface area (Å²) in [7, 11) is 0. The molecule has 3 N–H and O–H groups in total. The van der Waals surface area contributed by atoms with Gasteiger partial charge in [0.25, 0.3) is 0 Å². The zero-order chi connectivity index (χ0) is 9.84. The van der Waals surface area contributed by atoms with Gasteiger partial charge in [-0.05, 0) is 6.42 Å². The number of aryl methyl sites for hydroxylation is 1. The number of nitrogen functional groups attached to an aromatic ring is 1. The number of aromatic nitrogens is 2. The average Bonchev–Trinajstić information content (AvgIpc) is 2.36. The van der Waals surface area contributed by atoms with Crippen LogP contribution in [0.3, 0.4) is 0 Å². The van der Waals surface area contributed by atoms with E-state index in [0.717, 1.165) is 13.0 Å². The van der Waals surface area contributed by atoms with Crippen molar-refractivity contribution in [1.82, 2.24) is 9.78 Å². The summed E-state index contributed by atoms with van der Waals surface area (Å²) >= 11 is 0. The van der Waals surface area contributed by atoms with Crippen molar-refractivity contribution in [2.24, 2.45) is 0 Å². The molecule has 13 heavy (non-hydrogen) atoms. The van der Waals surface area contributed by atoms with Crippen molar-refractivity contribution in [1.29, 1.82) is 0 Å². The summed E-state index contributed by atoms with van der Waals surface area (Å²) < 4.78 is 1.62. The molecule has 0 aliphatic rings. The van der Waals surface area contributed by atoms with Crippen molar-refractivity contribution >= 4 is 11.8 Å². The van der Waals surface area contributed by atoms with Crippen LogP contribution in [-0.4, -0.2) is 20.9 Å². The Bertz CT molecular complexity index is 306. The lowest BCUT2D eigenvalue weighted by molar-refractivity contribution is -0.136. The lowest BCUT2D eigenvalue weighted by atomic mass is 10.2. The van der Waals surface area contributed by atoms with Crippen LogP contribution < -0.4 is 5.73 Å². The molecule has 5 nitrogen and oxygen atoms in total. The molecule has 5 heteroatoms. The second-order valence-electron chi connectivity index (χ2n) is 2.85. The van der Waals surface area contributed by atoms with E-state index < -0.39 is 5.97 Å². The molecular formula is C8H13N3O2. The van der Waals surface area contributed by atoms with E-state index in [2.05, 4.69) is 5.10 Å². The smallest absolute Gasteiger partial charge is 0.308 e. The molecule has 0 fully saturated rings. The maximum Gasteiger partial charge on any atom is 0.308 e. The summed E-state index contributed by atoms with van der Waals surface area (Å²) in [6.07, 6.45) is 2.38. The lowest BCUT2D eigenvalue weighted by Gasteiger charge is -2.01. The van der Waals surface area contributed by atoms with Crippen molar-refractivity contribution in [3.05, 3.63) is 11.8 Å². The number of hydrogen-bond acceptors (Lipinski definition) is 3. The van der Waals surface area contributed by atoms with Gasteiger partial charge in [-0.25, -0.2) is 4.68 Å². The number of carbonyl (C=O) groups is 1. The van der Waals surface area contributed by atoms with Gasteiger partial charge < -0.3 is 10.8 Å². The Morgan fingerprint density at radius 2 is 2.46 bits per heavy atom. The van der Waals surface area contributed by atoms with Crippen LogP contribution in [0.15, 0.2) is 6.20 Å². The molecule has 0 saturated carbocycles. The number of carboxylic acid groups (broad SMARTS) is 1. The van der Waals surface area contributed by atoms with Gasteiger partial charge in [0, 0.05) is 12.1 Å². The summed E-state index contributed by atoms with van der Waals surface area (Å²) in [5.41, 5.74) is 6.26. The summed E-state index contributed by atoms with van der Waals surface area (Å²) in [6.45, 7) is 2.74. The van der Waals surface area contributed by atoms with E-state index in [-0.39, 0.29) is 6.42 Å². The molecule has 0 amide bonds. The topological polar surface area (TPSA) is 81.1 Å². The monoisotopic (exact) mass is 183 g/mol. The van der Waals surface area contributed by atoms with Crippen LogP contribution in [0.4, 0.5) is 5.82 Å². The number of rotatable bonds is 4. The highest BCUT2D eigenvalue weighted by Crippen LogP contribution is 2.11. The SMILES string of the molecule is CCCn1ncc(CC(=O)O)c1N. The van der Waals surface area contributed by atoms with Crippen molar-refractivity contribution in [3.63, 3.8) is 0 Å². The Morgan fingerprint density at radius 3 is 3.00 bits per heavy atom. The van der Waals surface area contributed by atoms with Gasteiger partial charge in [0.15, 0.2) is 0 Å². The van der Waals surface area contributed by atoms with Crippen molar-refractivity contribution in [2.45, 2.75) is 26.3 Å². The van der Waals surface area contributed by atoms with Gasteiger partial charge in [0.2, 0.25) is 0 Å². The molecule has 0 spiro atoms. The Labute approximate surface area is 76.2 Å². The third-order valence-corrected chi connectivity index (χ3v) is 1.74. The minimum atomic E-state index is -0.886. The zero-order valence-corrected chi connectivity index (χ0v) is 7.53. The maximum atomic E-state index is 10.4. The first-order chi connectivity index (χ1) is 6.15. The quantitative estimate of drug-likeness (QED) is 0.712. The Morgan fingerprint density at radius 1 is 1.77 bits per heavy atom. The van der Waals surface area contributed by atoms with Crippen LogP contribution in [0.5, 0.6) is 0 Å². The molecule has 0 aliphatic carbocycles. The molecule has 0 aliphatic heterocycles. The van der Waals surface area contributed by atoms with E-state index >= 15 is 0 Å². The minimum absolute atomic E-state index is 0.0600. The molecule has 0 saturated heterocycles. The summed E-state index contributed by atoms with van der Waals surface area (Å²) in [6, 6.07) is 0. The molecule has 0 aromatic carbocycles. The zero-order valence-electron chi connectivity index (χ0n) is 7.53. The van der Waals surface area contributed by atoms with Gasteiger partial charge >= 0.3 is 5.97 Å². The van der Waals surface area contributed by atoms with E-state index in [0.29, 0.717) is 11.4 Å². The summed E-state index contributed by atoms with van der Waals surface area (Å²) in [5, 5.41) is 12.5. The van der Waals surface area contributed by atoms with Gasteiger partial charge in [-0.15, -0.1) is 0 Å². The molecule has 1 rings (SSSR count). The first-order valence-electron chi connectivity index (χ1n) is 4.17. The van der Waals surface area contributed by atoms with Gasteiger partial charge in [-0.2, -0.15) is 5.10 Å². The highest BCUT2D eigenvalue weighted by molar-refractivity contribution is 5.72. The average molecular weight is 183 g/mol. The first kappa shape index (κ1) is 9.57. The maximum absolute atomic E-state index is 10.4. The molecule has 72 valence electrons. The first-order valence-corrected chi connectivity index (χ1v) is 4.17. The Kier molecular flexibility index (Phi) is 2.89. The fraction of sp³-hybridized carbons (Fsp3) is 0.500. The van der Waals surface area contributed by atoms with Crippen LogP contribution in [0.25, 0.3) is 0 Å². The van der Waals surface area contributed by atoms with Gasteiger partial charge in [-0.3, -0.25) is 4.79 Å². The van der Waals surface area contributed by atoms with Crippen LogP contribution in [0.2, 0.25) is 0 Å². The second kappa shape index (κ2) is 3.93. The number of nitrogens with two attached hydrogens (primary N) is 1. The van der Waals surface area contributed by atoms with Crippen molar-refractivity contribution in [3.8, 4) is 0 Å². The van der Waals surface area contributed by atoms with Crippen LogP contribution >= 0.6 is 0 Å². The highest BCUT2D eigenvalue weighted by atomic mass is 16.4. The summed E-state index contributed by atoms with van der Waals surface area (Å²) in [4.78, 5) is 10.4. The summed E-state index contributed by atoms with van der Waals surface area (Å²) in [5.74, 6) is -0.424. The van der Waals surface area contributed by atoms with Crippen LogP contribution in [-0.2, 0) is 17.8 Å². The Hall–Kier alpha value is -1.52. The standard InChI is InChI=1S/C8H13N3O2/c1-2-3-11-8(9)6(5-10-11)4-7(12)13/h5H,2-4,9H2,1H3,(H,12,13). The number of hydrogen-bond donors (Lipinski definition) is 2. The number of nitrogens with zero attached hydrogens (tertiary/aromatic N) is 2. The molecule has 0 bridgehead atoms. The number of anilines is 1. The van der Waals surface area contributed by atoms with Gasteiger partial charge in [-0.1, -0.05) is 6.92 Å². The van der Waals surface area contributed by atoms with Crippen LogP contribution in [0, 0.1) is 0 Å². The molecule has 0 unspecified atom stereocenters. The lowest BCUT2D eigenvalue weighted by Crippen LogP contribution is -2.07. The second-order valence-corrected chi connectivity index (χ2v) is 2.85. The third-order valence-electron chi connectivity index (χ3n) is 1.74. The number of aliphatic carboxylic acids is 1. The van der Waals surface area contributed by atoms with E-state index in [1.807, 2.05) is 6.92 Å². The number of carboxylic acids is 1. The molecule has 0 atom stereocenters. The highest BCUT2D eigenvalue weighted by Gasteiger charge is 2.09. The normalized spacial score (nSPS) is 10.2. The van der Waals surface area contributed by atoms with Crippen molar-refractivity contribution in [2.75, 3.05) is 5.73 Å². The Balaban J connectivity index is 2.79. The molecule has 1 heterocycles. The fourth-order valence-corrected chi connectivity index (χ4v) is 1.12. The predicted octanol–water partition coefficient (Wildman–Crippen LogP) is 0.502. The third kappa shape index (κ3) is 2.21. The van der Waals surface area contributed by atoms with E-state index in [1.54, 1.807) is 4.68 Å². The fourth-order valence-electron chi connectivity index (χ4n) is 1.12. The molecular weight excluding hydrogens is 170 g/mol. The van der Waals surface area contributed by atoms with Crippen molar-refractivity contribution < 1.29 is 9.90 Å².